The molecule has 0 saturated carbocycles. The van der Waals surface area contributed by atoms with Gasteiger partial charge in [-0.25, -0.2) is 0 Å². The van der Waals surface area contributed by atoms with E-state index in [-0.39, 0.29) is 19.3 Å². The molecule has 4 nitrogen and oxygen atoms in total. The number of hydrogen-bond acceptors (Lipinski definition) is 4. The Morgan fingerprint density at radius 3 is 2.16 bits per heavy atom. The topological polar surface area (TPSA) is 61.7 Å². The molecular formula is C14H22BrNO3. The minimum Gasteiger partial charge on any atom is -0.496 e. The van der Waals surface area contributed by atoms with Gasteiger partial charge in [0.1, 0.15) is 5.75 Å². The summed E-state index contributed by atoms with van der Waals surface area (Å²) < 4.78 is 6.58. The van der Waals surface area contributed by atoms with Crippen molar-refractivity contribution in [1.82, 2.24) is 5.32 Å². The molecule has 0 atom stereocenters. The minimum absolute atomic E-state index is 0.0934. The third-order valence-corrected chi connectivity index (χ3v) is 4.69. The molecule has 0 spiro atoms. The second kappa shape index (κ2) is 7.24. The normalized spacial score (nSPS) is 11.2. The van der Waals surface area contributed by atoms with Gasteiger partial charge in [-0.2, -0.15) is 0 Å². The van der Waals surface area contributed by atoms with Crippen LogP contribution in [-0.2, 0) is 6.54 Å². The second-order valence-corrected chi connectivity index (χ2v) is 5.44. The Hall–Kier alpha value is -0.620. The summed E-state index contributed by atoms with van der Waals surface area (Å²) in [5.74, 6) is 0.861. The highest BCUT2D eigenvalue weighted by Crippen LogP contribution is 2.35. The Labute approximate surface area is 122 Å². The summed E-state index contributed by atoms with van der Waals surface area (Å²) in [5, 5.41) is 21.3. The lowest BCUT2D eigenvalue weighted by Crippen LogP contribution is -2.35. The Balaban J connectivity index is 3.12. The van der Waals surface area contributed by atoms with E-state index in [1.54, 1.807) is 7.11 Å². The number of nitrogens with one attached hydrogen (secondary N) is 1. The largest absolute Gasteiger partial charge is 0.496 e. The first-order valence-electron chi connectivity index (χ1n) is 6.25. The van der Waals surface area contributed by atoms with E-state index in [1.165, 1.54) is 5.56 Å². The van der Waals surface area contributed by atoms with E-state index in [0.717, 1.165) is 26.9 Å². The van der Waals surface area contributed by atoms with E-state index in [1.807, 2.05) is 13.8 Å². The Bertz CT molecular complexity index is 445. The van der Waals surface area contributed by atoms with Gasteiger partial charge >= 0.3 is 0 Å². The molecule has 108 valence electrons. The summed E-state index contributed by atoms with van der Waals surface area (Å²) in [6.07, 6.45) is 0. The molecule has 1 aromatic carbocycles. The molecule has 0 bridgehead atoms. The molecule has 19 heavy (non-hydrogen) atoms. The number of rotatable bonds is 6. The summed E-state index contributed by atoms with van der Waals surface area (Å²) in [5.41, 5.74) is 4.42. The van der Waals surface area contributed by atoms with Crippen LogP contribution in [0.15, 0.2) is 4.47 Å². The average Bonchev–Trinajstić information content (AvgIpc) is 2.43. The molecule has 1 rings (SSSR count). The summed E-state index contributed by atoms with van der Waals surface area (Å²) in [6.45, 7) is 6.46. The molecule has 0 fully saturated rings. The van der Waals surface area contributed by atoms with Crippen molar-refractivity contribution >= 4 is 15.9 Å². The quantitative estimate of drug-likeness (QED) is 0.744. The van der Waals surface area contributed by atoms with Crippen LogP contribution < -0.4 is 10.1 Å². The van der Waals surface area contributed by atoms with E-state index in [0.29, 0.717) is 6.54 Å². The number of methoxy groups -OCH3 is 1. The Kier molecular flexibility index (Phi) is 6.26. The lowest BCUT2D eigenvalue weighted by molar-refractivity contribution is 0.170. The summed E-state index contributed by atoms with van der Waals surface area (Å²) in [6, 6.07) is -0.315. The number of aliphatic hydroxyl groups is 2. The van der Waals surface area contributed by atoms with E-state index in [4.69, 9.17) is 14.9 Å². The molecule has 1 aromatic rings. The third kappa shape index (κ3) is 3.48. The van der Waals surface area contributed by atoms with Gasteiger partial charge in [0.05, 0.1) is 26.4 Å². The van der Waals surface area contributed by atoms with Crippen molar-refractivity contribution in [3.63, 3.8) is 0 Å². The van der Waals surface area contributed by atoms with E-state index < -0.39 is 0 Å². The van der Waals surface area contributed by atoms with Gasteiger partial charge in [0, 0.05) is 16.6 Å². The van der Waals surface area contributed by atoms with Gasteiger partial charge in [0.25, 0.3) is 0 Å². The number of aliphatic hydroxyl groups excluding tert-OH is 2. The Morgan fingerprint density at radius 1 is 1.11 bits per heavy atom. The highest BCUT2D eigenvalue weighted by Gasteiger charge is 2.17. The molecule has 3 N–H and O–H groups in total. The van der Waals surface area contributed by atoms with Crippen LogP contribution >= 0.6 is 15.9 Å². The molecule has 5 heteroatoms. The smallest absolute Gasteiger partial charge is 0.126 e. The predicted octanol–water partition coefficient (Wildman–Crippen LogP) is 1.83. The van der Waals surface area contributed by atoms with Gasteiger partial charge in [0.2, 0.25) is 0 Å². The van der Waals surface area contributed by atoms with Crippen molar-refractivity contribution in [3.05, 3.63) is 26.7 Å². The monoisotopic (exact) mass is 331 g/mol. The molecule has 0 aliphatic carbocycles. The average molecular weight is 332 g/mol. The van der Waals surface area contributed by atoms with E-state index in [9.17, 15) is 0 Å². The number of halogens is 1. The fraction of sp³-hybridized carbons (Fsp3) is 0.571. The fourth-order valence-corrected chi connectivity index (χ4v) is 2.60. The zero-order valence-corrected chi connectivity index (χ0v) is 13.5. The zero-order valence-electron chi connectivity index (χ0n) is 11.9. The molecule has 0 heterocycles. The SMILES string of the molecule is COc1c(C)c(C)c(Br)c(C)c1CNC(CO)CO. The van der Waals surface area contributed by atoms with Crippen molar-refractivity contribution in [1.29, 1.82) is 0 Å². The van der Waals surface area contributed by atoms with Crippen LogP contribution in [0.4, 0.5) is 0 Å². The molecule has 0 aromatic heterocycles. The van der Waals surface area contributed by atoms with Crippen molar-refractivity contribution in [2.75, 3.05) is 20.3 Å². The van der Waals surface area contributed by atoms with Crippen LogP contribution in [0, 0.1) is 20.8 Å². The minimum atomic E-state index is -0.315. The van der Waals surface area contributed by atoms with Gasteiger partial charge < -0.3 is 20.3 Å². The van der Waals surface area contributed by atoms with Crippen molar-refractivity contribution < 1.29 is 14.9 Å². The van der Waals surface area contributed by atoms with Crippen LogP contribution in [0.3, 0.4) is 0 Å². The number of hydrogen-bond donors (Lipinski definition) is 3. The lowest BCUT2D eigenvalue weighted by atomic mass is 9.98. The fourth-order valence-electron chi connectivity index (χ4n) is 2.07. The lowest BCUT2D eigenvalue weighted by Gasteiger charge is -2.21. The molecule has 0 amide bonds. The van der Waals surface area contributed by atoms with E-state index in [2.05, 4.69) is 28.2 Å². The maximum absolute atomic E-state index is 9.09. The van der Waals surface area contributed by atoms with Crippen LogP contribution in [0.25, 0.3) is 0 Å². The van der Waals surface area contributed by atoms with Crippen molar-refractivity contribution in [3.8, 4) is 5.75 Å². The first-order chi connectivity index (χ1) is 8.97. The predicted molar refractivity (Wildman–Crippen MR) is 79.7 cm³/mol. The third-order valence-electron chi connectivity index (χ3n) is 3.50. The molecule has 0 aliphatic heterocycles. The van der Waals surface area contributed by atoms with Crippen LogP contribution in [0.1, 0.15) is 22.3 Å². The standard InChI is InChI=1S/C14H22BrNO3/c1-8-9(2)14(19-4)12(10(3)13(8)15)5-16-11(6-17)7-18/h11,16-18H,5-7H2,1-4H3. The zero-order chi connectivity index (χ0) is 14.6. The molecule has 0 radical (unpaired) electrons. The van der Waals surface area contributed by atoms with E-state index >= 15 is 0 Å². The molecule has 0 saturated heterocycles. The number of benzene rings is 1. The summed E-state index contributed by atoms with van der Waals surface area (Å²) >= 11 is 3.60. The first kappa shape index (κ1) is 16.4. The maximum Gasteiger partial charge on any atom is 0.126 e. The second-order valence-electron chi connectivity index (χ2n) is 4.64. The van der Waals surface area contributed by atoms with Crippen molar-refractivity contribution in [2.45, 2.75) is 33.4 Å². The van der Waals surface area contributed by atoms with Crippen LogP contribution in [-0.4, -0.2) is 36.6 Å². The van der Waals surface area contributed by atoms with Gasteiger partial charge in [-0.1, -0.05) is 15.9 Å². The summed E-state index contributed by atoms with van der Waals surface area (Å²) in [4.78, 5) is 0. The Morgan fingerprint density at radius 2 is 1.68 bits per heavy atom. The molecular weight excluding hydrogens is 310 g/mol. The maximum atomic E-state index is 9.09. The first-order valence-corrected chi connectivity index (χ1v) is 7.04. The van der Waals surface area contributed by atoms with Crippen molar-refractivity contribution in [2.24, 2.45) is 0 Å². The van der Waals surface area contributed by atoms with Gasteiger partial charge in [-0.15, -0.1) is 0 Å². The highest BCUT2D eigenvalue weighted by molar-refractivity contribution is 9.10. The highest BCUT2D eigenvalue weighted by atomic mass is 79.9. The van der Waals surface area contributed by atoms with Gasteiger partial charge in [-0.05, 0) is 37.5 Å². The van der Waals surface area contributed by atoms with Gasteiger partial charge in [0.15, 0.2) is 0 Å². The van der Waals surface area contributed by atoms with Crippen LogP contribution in [0.2, 0.25) is 0 Å². The van der Waals surface area contributed by atoms with Gasteiger partial charge in [-0.3, -0.25) is 0 Å². The van der Waals surface area contributed by atoms with Crippen LogP contribution in [0.5, 0.6) is 5.75 Å². The summed E-state index contributed by atoms with van der Waals surface area (Å²) in [7, 11) is 1.66. The number of ether oxygens (including phenoxy) is 1. The molecule has 0 aliphatic rings. The molecule has 0 unspecified atom stereocenters.